The Labute approximate surface area is 147 Å². The van der Waals surface area contributed by atoms with Crippen LogP contribution in [0, 0.1) is 5.92 Å². The molecule has 2 aliphatic heterocycles. The van der Waals surface area contributed by atoms with Crippen molar-refractivity contribution < 1.29 is 4.79 Å². The van der Waals surface area contributed by atoms with E-state index in [9.17, 15) is 4.79 Å². The van der Waals surface area contributed by atoms with Gasteiger partial charge in [-0.15, -0.1) is 0 Å². The van der Waals surface area contributed by atoms with E-state index in [0.29, 0.717) is 18.9 Å². The van der Waals surface area contributed by atoms with E-state index in [0.717, 1.165) is 38.2 Å². The van der Waals surface area contributed by atoms with Crippen LogP contribution < -0.4 is 4.90 Å². The molecule has 1 saturated heterocycles. The molecule has 0 aromatic carbocycles. The van der Waals surface area contributed by atoms with E-state index in [1.165, 1.54) is 28.8 Å². The Balaban J connectivity index is 1.20. The zero-order valence-corrected chi connectivity index (χ0v) is 14.3. The molecule has 5 heteroatoms. The summed E-state index contributed by atoms with van der Waals surface area (Å²) in [5.74, 6) is 0.743. The number of pyridine rings is 2. The first kappa shape index (κ1) is 14.9. The number of hydrogen-bond acceptors (Lipinski definition) is 4. The molecule has 2 aromatic rings. The highest BCUT2D eigenvalue weighted by atomic mass is 16.2. The van der Waals surface area contributed by atoms with Crippen LogP contribution in [0.25, 0.3) is 0 Å². The predicted octanol–water partition coefficient (Wildman–Crippen LogP) is 2.33. The van der Waals surface area contributed by atoms with E-state index in [1.54, 1.807) is 0 Å². The summed E-state index contributed by atoms with van der Waals surface area (Å²) < 4.78 is 0. The topological polar surface area (TPSA) is 49.3 Å². The Kier molecular flexibility index (Phi) is 3.47. The van der Waals surface area contributed by atoms with Gasteiger partial charge in [-0.3, -0.25) is 14.8 Å². The van der Waals surface area contributed by atoms with Gasteiger partial charge in [0.1, 0.15) is 0 Å². The molecular formula is C20H22N4O. The standard InChI is InChI=1S/C20H22N4O/c25-20(8-14-10-23(11-14)16-4-6-21-7-5-16)24-12-18-17-3-1-2-15(17)9-22-19(18)13-24/h4-7,9,14H,1-3,8,10-13H2. The summed E-state index contributed by atoms with van der Waals surface area (Å²) in [5, 5.41) is 0. The molecular weight excluding hydrogens is 312 g/mol. The molecule has 0 N–H and O–H groups in total. The average Bonchev–Trinajstić information content (AvgIpc) is 3.23. The van der Waals surface area contributed by atoms with Gasteiger partial charge in [-0.1, -0.05) is 0 Å². The zero-order valence-electron chi connectivity index (χ0n) is 14.3. The Bertz CT molecular complexity index is 814. The van der Waals surface area contributed by atoms with Crippen LogP contribution in [-0.2, 0) is 30.7 Å². The average molecular weight is 334 g/mol. The molecule has 0 atom stereocenters. The van der Waals surface area contributed by atoms with Crippen LogP contribution in [0.5, 0.6) is 0 Å². The van der Waals surface area contributed by atoms with Gasteiger partial charge in [0, 0.05) is 56.3 Å². The first-order chi connectivity index (χ1) is 12.3. The third kappa shape index (κ3) is 2.58. The van der Waals surface area contributed by atoms with Gasteiger partial charge >= 0.3 is 0 Å². The fourth-order valence-corrected chi connectivity index (χ4v) is 4.43. The monoisotopic (exact) mass is 334 g/mol. The Hall–Kier alpha value is -2.43. The molecule has 2 aromatic heterocycles. The first-order valence-corrected chi connectivity index (χ1v) is 9.19. The van der Waals surface area contributed by atoms with E-state index in [-0.39, 0.29) is 5.91 Å². The smallest absolute Gasteiger partial charge is 0.223 e. The normalized spacial score (nSPS) is 18.9. The minimum atomic E-state index is 0.282. The predicted molar refractivity (Wildman–Crippen MR) is 95.1 cm³/mol. The van der Waals surface area contributed by atoms with Gasteiger partial charge in [0.25, 0.3) is 0 Å². The minimum Gasteiger partial charge on any atom is -0.371 e. The quantitative estimate of drug-likeness (QED) is 0.864. The number of amides is 1. The summed E-state index contributed by atoms with van der Waals surface area (Å²) in [6, 6.07) is 4.06. The van der Waals surface area contributed by atoms with Crippen LogP contribution in [0.2, 0.25) is 0 Å². The van der Waals surface area contributed by atoms with E-state index in [1.807, 2.05) is 35.6 Å². The second-order valence-electron chi connectivity index (χ2n) is 7.47. The van der Waals surface area contributed by atoms with Crippen molar-refractivity contribution in [3.8, 4) is 0 Å². The molecule has 5 nitrogen and oxygen atoms in total. The maximum Gasteiger partial charge on any atom is 0.223 e. The molecule has 4 heterocycles. The number of rotatable bonds is 3. The lowest BCUT2D eigenvalue weighted by atomic mass is 9.95. The molecule has 1 fully saturated rings. The van der Waals surface area contributed by atoms with Gasteiger partial charge in [-0.25, -0.2) is 0 Å². The summed E-state index contributed by atoms with van der Waals surface area (Å²) in [5.41, 5.74) is 6.55. The summed E-state index contributed by atoms with van der Waals surface area (Å²) >= 11 is 0. The van der Waals surface area contributed by atoms with Gasteiger partial charge in [-0.05, 0) is 48.1 Å². The van der Waals surface area contributed by atoms with Crippen LogP contribution in [0.4, 0.5) is 5.69 Å². The summed E-state index contributed by atoms with van der Waals surface area (Å²) in [4.78, 5) is 25.7. The number of nitrogens with zero attached hydrogens (tertiary/aromatic N) is 4. The fourth-order valence-electron chi connectivity index (χ4n) is 4.43. The largest absolute Gasteiger partial charge is 0.371 e. The lowest BCUT2D eigenvalue weighted by Crippen LogP contribution is -2.48. The number of carbonyl (C=O) groups excluding carboxylic acids is 1. The van der Waals surface area contributed by atoms with Crippen molar-refractivity contribution in [1.82, 2.24) is 14.9 Å². The van der Waals surface area contributed by atoms with Crippen LogP contribution in [0.15, 0.2) is 30.7 Å². The summed E-state index contributed by atoms with van der Waals surface area (Å²) in [6.07, 6.45) is 9.86. The van der Waals surface area contributed by atoms with Crippen molar-refractivity contribution >= 4 is 11.6 Å². The molecule has 5 rings (SSSR count). The highest BCUT2D eigenvalue weighted by molar-refractivity contribution is 5.77. The van der Waals surface area contributed by atoms with Crippen molar-refractivity contribution in [3.05, 3.63) is 53.1 Å². The van der Waals surface area contributed by atoms with Crippen molar-refractivity contribution in [1.29, 1.82) is 0 Å². The molecule has 0 spiro atoms. The van der Waals surface area contributed by atoms with Crippen molar-refractivity contribution in [2.45, 2.75) is 38.8 Å². The van der Waals surface area contributed by atoms with Gasteiger partial charge in [-0.2, -0.15) is 0 Å². The molecule has 1 amide bonds. The number of fused-ring (bicyclic) bond motifs is 3. The third-order valence-corrected chi connectivity index (χ3v) is 5.84. The number of hydrogen-bond donors (Lipinski definition) is 0. The molecule has 3 aliphatic rings. The maximum atomic E-state index is 12.7. The molecule has 0 unspecified atom stereocenters. The van der Waals surface area contributed by atoms with E-state index in [2.05, 4.69) is 14.9 Å². The molecule has 0 bridgehead atoms. The van der Waals surface area contributed by atoms with Gasteiger partial charge in [0.2, 0.25) is 5.91 Å². The SMILES string of the molecule is O=C(CC1CN(c2ccncc2)C1)N1Cc2ncc3c(c2C1)CCC3. The van der Waals surface area contributed by atoms with E-state index in [4.69, 9.17) is 0 Å². The second kappa shape index (κ2) is 5.83. The fraction of sp³-hybridized carbons (Fsp3) is 0.450. The third-order valence-electron chi connectivity index (χ3n) is 5.84. The second-order valence-corrected chi connectivity index (χ2v) is 7.47. The Morgan fingerprint density at radius 3 is 2.80 bits per heavy atom. The number of aryl methyl sites for hydroxylation is 1. The lowest BCUT2D eigenvalue weighted by molar-refractivity contribution is -0.133. The van der Waals surface area contributed by atoms with E-state index < -0.39 is 0 Å². The summed E-state index contributed by atoms with van der Waals surface area (Å²) in [6.45, 7) is 3.39. The maximum absolute atomic E-state index is 12.7. The molecule has 0 saturated carbocycles. The Morgan fingerprint density at radius 2 is 1.96 bits per heavy atom. The van der Waals surface area contributed by atoms with Gasteiger partial charge in [0.15, 0.2) is 0 Å². The number of aromatic nitrogens is 2. The number of carbonyl (C=O) groups is 1. The van der Waals surface area contributed by atoms with Crippen LogP contribution in [-0.4, -0.2) is 33.9 Å². The first-order valence-electron chi connectivity index (χ1n) is 9.19. The van der Waals surface area contributed by atoms with Crippen molar-refractivity contribution in [3.63, 3.8) is 0 Å². The van der Waals surface area contributed by atoms with Crippen LogP contribution >= 0.6 is 0 Å². The van der Waals surface area contributed by atoms with Gasteiger partial charge in [0.05, 0.1) is 12.2 Å². The van der Waals surface area contributed by atoms with Crippen LogP contribution in [0.1, 0.15) is 35.2 Å². The molecule has 0 radical (unpaired) electrons. The number of anilines is 1. The molecule has 128 valence electrons. The highest BCUT2D eigenvalue weighted by Crippen LogP contribution is 2.33. The molecule has 1 aliphatic carbocycles. The van der Waals surface area contributed by atoms with Crippen LogP contribution in [0.3, 0.4) is 0 Å². The summed E-state index contributed by atoms with van der Waals surface area (Å²) in [7, 11) is 0. The minimum absolute atomic E-state index is 0.282. The van der Waals surface area contributed by atoms with Crippen molar-refractivity contribution in [2.75, 3.05) is 18.0 Å². The van der Waals surface area contributed by atoms with Gasteiger partial charge < -0.3 is 9.80 Å². The zero-order chi connectivity index (χ0) is 16.8. The van der Waals surface area contributed by atoms with Crippen molar-refractivity contribution in [2.24, 2.45) is 5.92 Å². The highest BCUT2D eigenvalue weighted by Gasteiger charge is 2.33. The Morgan fingerprint density at radius 1 is 1.12 bits per heavy atom. The molecule has 25 heavy (non-hydrogen) atoms. The lowest BCUT2D eigenvalue weighted by Gasteiger charge is -2.41. The van der Waals surface area contributed by atoms with E-state index >= 15 is 0 Å².